The number of rotatable bonds is 6. The number of nitrogens with one attached hydrogen (secondary N) is 1. The first-order chi connectivity index (χ1) is 14.0. The Morgan fingerprint density at radius 3 is 2.38 bits per heavy atom. The molecule has 154 valence electrons. The Morgan fingerprint density at radius 2 is 1.69 bits per heavy atom. The average molecular weight is 417 g/mol. The van der Waals surface area contributed by atoms with Gasteiger partial charge in [-0.05, 0) is 31.0 Å². The number of hydrogen-bond donors (Lipinski definition) is 1. The van der Waals surface area contributed by atoms with Gasteiger partial charge in [-0.15, -0.1) is 0 Å². The maximum Gasteiger partial charge on any atom is 0.253 e. The van der Waals surface area contributed by atoms with E-state index in [1.165, 1.54) is 0 Å². The highest BCUT2D eigenvalue weighted by molar-refractivity contribution is 6.30. The summed E-state index contributed by atoms with van der Waals surface area (Å²) in [7, 11) is 0. The number of carbonyl (C=O) groups is 1. The van der Waals surface area contributed by atoms with Crippen molar-refractivity contribution in [2.24, 2.45) is 0 Å². The van der Waals surface area contributed by atoms with Crippen LogP contribution in [-0.2, 0) is 4.79 Å². The van der Waals surface area contributed by atoms with Crippen LogP contribution >= 0.6 is 11.6 Å². The van der Waals surface area contributed by atoms with Gasteiger partial charge in [0.2, 0.25) is 5.91 Å². The number of amides is 1. The van der Waals surface area contributed by atoms with Crippen LogP contribution in [0.4, 0.5) is 17.1 Å². The van der Waals surface area contributed by atoms with Gasteiger partial charge >= 0.3 is 0 Å². The molecule has 2 aromatic rings. The van der Waals surface area contributed by atoms with Gasteiger partial charge in [-0.2, -0.15) is 0 Å². The third kappa shape index (κ3) is 4.10. The van der Waals surface area contributed by atoms with E-state index >= 15 is 0 Å². The fourth-order valence-corrected chi connectivity index (χ4v) is 4.31. The van der Waals surface area contributed by atoms with E-state index in [-0.39, 0.29) is 5.91 Å². The molecule has 0 aliphatic carbocycles. The lowest BCUT2D eigenvalue weighted by atomic mass is 10.1. The third-order valence-electron chi connectivity index (χ3n) is 5.75. The van der Waals surface area contributed by atoms with E-state index < -0.39 is 10.9 Å². The lowest BCUT2D eigenvalue weighted by Gasteiger charge is -2.36. The summed E-state index contributed by atoms with van der Waals surface area (Å²) in [6.07, 6.45) is 2.38. The number of anilines is 3. The lowest BCUT2D eigenvalue weighted by Crippen LogP contribution is -2.49. The van der Waals surface area contributed by atoms with Crippen LogP contribution in [0.3, 0.4) is 0 Å². The van der Waals surface area contributed by atoms with Crippen molar-refractivity contribution in [1.29, 1.82) is 0 Å². The molecule has 0 saturated carbocycles. The van der Waals surface area contributed by atoms with Crippen LogP contribution in [0.15, 0.2) is 33.9 Å². The topological polar surface area (TPSA) is 73.0 Å². The molecule has 0 unspecified atom stereocenters. The van der Waals surface area contributed by atoms with Crippen LogP contribution in [0.5, 0.6) is 0 Å². The first kappa shape index (κ1) is 19.8. The van der Waals surface area contributed by atoms with Crippen molar-refractivity contribution >= 4 is 34.6 Å². The Balaban J connectivity index is 1.26. The van der Waals surface area contributed by atoms with Gasteiger partial charge in [-0.25, -0.2) is 0 Å². The quantitative estimate of drug-likeness (QED) is 0.722. The van der Waals surface area contributed by atoms with E-state index in [0.29, 0.717) is 42.5 Å². The van der Waals surface area contributed by atoms with E-state index in [0.717, 1.165) is 44.7 Å². The largest absolute Gasteiger partial charge is 0.379 e. The van der Waals surface area contributed by atoms with Gasteiger partial charge < -0.3 is 20.0 Å². The van der Waals surface area contributed by atoms with E-state index in [2.05, 4.69) is 10.2 Å². The van der Waals surface area contributed by atoms with Gasteiger partial charge in [0, 0.05) is 62.9 Å². The molecule has 2 heterocycles. The molecular formula is C21H25ClN4O3. The Bertz CT molecular complexity index is 955. The first-order valence-electron chi connectivity index (χ1n) is 10.1. The molecule has 7 nitrogen and oxygen atoms in total. The number of piperazine rings is 1. The van der Waals surface area contributed by atoms with Gasteiger partial charge in [-0.1, -0.05) is 17.7 Å². The molecule has 2 aliphatic rings. The summed E-state index contributed by atoms with van der Waals surface area (Å²) in [5.41, 5.74) is 1.10. The average Bonchev–Trinajstić information content (AvgIpc) is 3.26. The molecule has 1 N–H and O–H groups in total. The molecule has 2 aliphatic heterocycles. The molecular weight excluding hydrogens is 392 g/mol. The minimum Gasteiger partial charge on any atom is -0.379 e. The van der Waals surface area contributed by atoms with Gasteiger partial charge in [0.15, 0.2) is 0 Å². The summed E-state index contributed by atoms with van der Waals surface area (Å²) in [6.45, 7) is 4.83. The van der Waals surface area contributed by atoms with E-state index in [4.69, 9.17) is 11.6 Å². The smallest absolute Gasteiger partial charge is 0.253 e. The van der Waals surface area contributed by atoms with Crippen LogP contribution in [0.1, 0.15) is 19.3 Å². The monoisotopic (exact) mass is 416 g/mol. The standard InChI is InChI=1S/C21H25ClN4O3/c22-15-4-3-5-16(14-15)24-10-12-25(13-11-24)17(27)6-7-23-18-19(21(29)20(18)28)26-8-1-2-9-26/h3-5,14,23H,1-2,6-13H2. The van der Waals surface area contributed by atoms with Crippen LogP contribution in [0.25, 0.3) is 0 Å². The highest BCUT2D eigenvalue weighted by Gasteiger charge is 2.28. The Morgan fingerprint density at radius 1 is 0.966 bits per heavy atom. The van der Waals surface area contributed by atoms with E-state index in [9.17, 15) is 14.4 Å². The minimum atomic E-state index is -0.463. The Hall–Kier alpha value is -2.54. The number of hydrogen-bond acceptors (Lipinski definition) is 6. The third-order valence-corrected chi connectivity index (χ3v) is 5.99. The SMILES string of the molecule is O=C(CCNc1c(N2CCCC2)c(=O)c1=O)N1CCN(c2cccc(Cl)c2)CC1. The Kier molecular flexibility index (Phi) is 5.76. The summed E-state index contributed by atoms with van der Waals surface area (Å²) in [4.78, 5) is 42.4. The molecule has 2 saturated heterocycles. The molecule has 0 bridgehead atoms. The molecule has 0 aromatic heterocycles. The zero-order chi connectivity index (χ0) is 20.4. The second kappa shape index (κ2) is 8.45. The van der Waals surface area contributed by atoms with Crippen molar-refractivity contribution in [3.63, 3.8) is 0 Å². The van der Waals surface area contributed by atoms with Gasteiger partial charge in [0.1, 0.15) is 11.4 Å². The molecule has 29 heavy (non-hydrogen) atoms. The second-order valence-electron chi connectivity index (χ2n) is 7.60. The highest BCUT2D eigenvalue weighted by Crippen LogP contribution is 2.24. The summed E-state index contributed by atoms with van der Waals surface area (Å²) in [6, 6.07) is 7.74. The molecule has 1 amide bonds. The summed E-state index contributed by atoms with van der Waals surface area (Å²) in [5.74, 6) is 0.0599. The fraction of sp³-hybridized carbons (Fsp3) is 0.476. The van der Waals surface area contributed by atoms with E-state index in [1.807, 2.05) is 34.1 Å². The minimum absolute atomic E-state index is 0.0599. The van der Waals surface area contributed by atoms with Crippen LogP contribution in [0, 0.1) is 0 Å². The molecule has 0 atom stereocenters. The molecule has 8 heteroatoms. The van der Waals surface area contributed by atoms with Crippen molar-refractivity contribution < 1.29 is 4.79 Å². The first-order valence-corrected chi connectivity index (χ1v) is 10.5. The van der Waals surface area contributed by atoms with E-state index in [1.54, 1.807) is 0 Å². The maximum atomic E-state index is 12.5. The highest BCUT2D eigenvalue weighted by atomic mass is 35.5. The summed E-state index contributed by atoms with van der Waals surface area (Å²) >= 11 is 6.06. The number of benzene rings is 1. The van der Waals surface area contributed by atoms with Crippen molar-refractivity contribution in [3.05, 3.63) is 49.7 Å². The summed E-state index contributed by atoms with van der Waals surface area (Å²) in [5, 5.41) is 3.74. The van der Waals surface area contributed by atoms with Gasteiger partial charge in [0.25, 0.3) is 10.9 Å². The molecule has 0 radical (unpaired) electrons. The fourth-order valence-electron chi connectivity index (χ4n) is 4.13. The predicted octanol–water partition coefficient (Wildman–Crippen LogP) is 1.69. The van der Waals surface area contributed by atoms with Crippen LogP contribution < -0.4 is 26.0 Å². The predicted molar refractivity (Wildman–Crippen MR) is 116 cm³/mol. The number of halogens is 1. The van der Waals surface area contributed by atoms with Gasteiger partial charge in [-0.3, -0.25) is 14.4 Å². The van der Waals surface area contributed by atoms with Crippen molar-refractivity contribution in [2.75, 3.05) is 60.9 Å². The van der Waals surface area contributed by atoms with Crippen LogP contribution in [0.2, 0.25) is 5.02 Å². The normalized spacial score (nSPS) is 17.2. The Labute approximate surface area is 174 Å². The molecule has 2 fully saturated rings. The lowest BCUT2D eigenvalue weighted by molar-refractivity contribution is -0.131. The van der Waals surface area contributed by atoms with Gasteiger partial charge in [0.05, 0.1) is 0 Å². The van der Waals surface area contributed by atoms with Crippen molar-refractivity contribution in [1.82, 2.24) is 4.90 Å². The van der Waals surface area contributed by atoms with Crippen molar-refractivity contribution in [2.45, 2.75) is 19.3 Å². The second-order valence-corrected chi connectivity index (χ2v) is 8.04. The molecule has 4 rings (SSSR count). The zero-order valence-electron chi connectivity index (χ0n) is 16.3. The zero-order valence-corrected chi connectivity index (χ0v) is 17.1. The van der Waals surface area contributed by atoms with Crippen LogP contribution in [-0.4, -0.2) is 56.6 Å². The number of carbonyl (C=O) groups excluding carboxylic acids is 1. The molecule has 0 spiro atoms. The molecule has 2 aromatic carbocycles. The van der Waals surface area contributed by atoms with Crippen molar-refractivity contribution in [3.8, 4) is 0 Å². The summed E-state index contributed by atoms with van der Waals surface area (Å²) < 4.78 is 0. The maximum absolute atomic E-state index is 12.5. The number of nitrogens with zero attached hydrogens (tertiary/aromatic N) is 3.